The molecule has 1 aromatic carbocycles. The molecular formula is C28H30F2N6O4S2. The van der Waals surface area contributed by atoms with Crippen LogP contribution in [0.3, 0.4) is 0 Å². The van der Waals surface area contributed by atoms with Gasteiger partial charge in [0.25, 0.3) is 0 Å². The first-order chi connectivity index (χ1) is 20.0. The summed E-state index contributed by atoms with van der Waals surface area (Å²) in [5.74, 6) is -2.16. The highest BCUT2D eigenvalue weighted by atomic mass is 32.2. The van der Waals surface area contributed by atoms with Gasteiger partial charge in [-0.25, -0.2) is 27.2 Å². The molecule has 4 atom stereocenters. The number of aromatic nitrogens is 4. The second kappa shape index (κ2) is 11.1. The molecule has 2 aliphatic rings. The second-order valence-electron chi connectivity index (χ2n) is 11.1. The van der Waals surface area contributed by atoms with Gasteiger partial charge in [0.05, 0.1) is 44.4 Å². The van der Waals surface area contributed by atoms with Crippen LogP contribution >= 0.6 is 11.3 Å². The third-order valence-electron chi connectivity index (χ3n) is 7.79. The second-order valence-corrected chi connectivity index (χ2v) is 14.1. The highest BCUT2D eigenvalue weighted by Gasteiger charge is 2.44. The zero-order chi connectivity index (χ0) is 29.8. The Bertz CT molecular complexity index is 1740. The monoisotopic (exact) mass is 616 g/mol. The molecule has 10 nitrogen and oxygen atoms in total. The van der Waals surface area contributed by atoms with E-state index in [1.165, 1.54) is 11.3 Å². The molecule has 0 amide bonds. The molecule has 2 fully saturated rings. The molecule has 3 aromatic heterocycles. The zero-order valence-electron chi connectivity index (χ0n) is 22.9. The average Bonchev–Trinajstić information content (AvgIpc) is 3.60. The van der Waals surface area contributed by atoms with Crippen LogP contribution in [0.4, 0.5) is 20.5 Å². The molecule has 42 heavy (non-hydrogen) atoms. The van der Waals surface area contributed by atoms with Crippen molar-refractivity contribution in [3.8, 4) is 10.6 Å². The topological polar surface area (TPSA) is 150 Å². The number of aliphatic hydroxyl groups is 2. The SMILES string of the molecule is Cc1nc(NCC2CC2)nc(NC2C[C@H](CS(=O)(=O)c3cc(F)cc(F)c3)[C@@H](O)[C@H]2O)c1-c1nc2c(C)nccc2s1. The van der Waals surface area contributed by atoms with Gasteiger partial charge in [-0.3, -0.25) is 4.98 Å². The summed E-state index contributed by atoms with van der Waals surface area (Å²) in [6.45, 7) is 4.45. The van der Waals surface area contributed by atoms with Gasteiger partial charge >= 0.3 is 0 Å². The number of halogens is 2. The van der Waals surface area contributed by atoms with Crippen LogP contribution in [-0.4, -0.2) is 69.1 Å². The molecule has 0 saturated heterocycles. The first-order valence-electron chi connectivity index (χ1n) is 13.6. The molecule has 2 aliphatic carbocycles. The number of sulfone groups is 1. The summed E-state index contributed by atoms with van der Waals surface area (Å²) >= 11 is 1.45. The Labute approximate surface area is 245 Å². The number of aliphatic hydroxyl groups excluding tert-OH is 2. The third-order valence-corrected chi connectivity index (χ3v) is 10.7. The molecule has 1 unspecified atom stereocenters. The Kier molecular flexibility index (Phi) is 7.58. The van der Waals surface area contributed by atoms with Crippen LogP contribution in [0.2, 0.25) is 0 Å². The number of fused-ring (bicyclic) bond motifs is 1. The van der Waals surface area contributed by atoms with Gasteiger partial charge in [-0.1, -0.05) is 0 Å². The summed E-state index contributed by atoms with van der Waals surface area (Å²) < 4.78 is 54.4. The number of aryl methyl sites for hydroxylation is 2. The highest BCUT2D eigenvalue weighted by molar-refractivity contribution is 7.91. The van der Waals surface area contributed by atoms with Crippen LogP contribution in [0.15, 0.2) is 35.4 Å². The first kappa shape index (κ1) is 28.8. The fourth-order valence-corrected chi connectivity index (χ4v) is 8.14. The van der Waals surface area contributed by atoms with Gasteiger partial charge in [0, 0.05) is 24.7 Å². The molecule has 0 radical (unpaired) electrons. The number of rotatable bonds is 9. The molecule has 0 aliphatic heterocycles. The van der Waals surface area contributed by atoms with E-state index < -0.39 is 56.3 Å². The van der Waals surface area contributed by atoms with Crippen molar-refractivity contribution in [3.63, 3.8) is 0 Å². The lowest BCUT2D eigenvalue weighted by Crippen LogP contribution is -2.36. The van der Waals surface area contributed by atoms with Crippen molar-refractivity contribution in [3.05, 3.63) is 53.5 Å². The number of anilines is 2. The number of pyridine rings is 1. The number of benzene rings is 1. The lowest BCUT2D eigenvalue weighted by molar-refractivity contribution is 0.0216. The van der Waals surface area contributed by atoms with E-state index >= 15 is 0 Å². The van der Waals surface area contributed by atoms with Crippen LogP contribution in [0, 0.1) is 37.3 Å². The van der Waals surface area contributed by atoms with Gasteiger partial charge in [0.2, 0.25) is 5.95 Å². The summed E-state index contributed by atoms with van der Waals surface area (Å²) in [6.07, 6.45) is 1.35. The van der Waals surface area contributed by atoms with Crippen LogP contribution in [0.5, 0.6) is 0 Å². The number of hydrogen-bond donors (Lipinski definition) is 4. The molecule has 0 bridgehead atoms. The maximum Gasteiger partial charge on any atom is 0.224 e. The Hall–Kier alpha value is -3.33. The van der Waals surface area contributed by atoms with E-state index in [4.69, 9.17) is 9.97 Å². The van der Waals surface area contributed by atoms with Crippen molar-refractivity contribution in [2.75, 3.05) is 22.9 Å². The highest BCUT2D eigenvalue weighted by Crippen LogP contribution is 2.39. The quantitative estimate of drug-likeness (QED) is 0.218. The fraction of sp³-hybridized carbons (Fsp3) is 0.429. The zero-order valence-corrected chi connectivity index (χ0v) is 24.5. The third kappa shape index (κ3) is 5.80. The molecule has 3 heterocycles. The number of nitrogens with one attached hydrogen (secondary N) is 2. The van der Waals surface area contributed by atoms with Crippen molar-refractivity contribution < 1.29 is 27.4 Å². The summed E-state index contributed by atoms with van der Waals surface area (Å²) in [5, 5.41) is 29.0. The van der Waals surface area contributed by atoms with Gasteiger partial charge in [0.1, 0.15) is 34.1 Å². The average molecular weight is 617 g/mol. The molecule has 4 aromatic rings. The minimum atomic E-state index is -4.16. The van der Waals surface area contributed by atoms with E-state index in [9.17, 15) is 27.4 Å². The van der Waals surface area contributed by atoms with Crippen LogP contribution < -0.4 is 10.6 Å². The van der Waals surface area contributed by atoms with Gasteiger partial charge < -0.3 is 20.8 Å². The van der Waals surface area contributed by atoms with E-state index in [1.807, 2.05) is 19.9 Å². The largest absolute Gasteiger partial charge is 0.390 e. The predicted octanol–water partition coefficient (Wildman–Crippen LogP) is 3.86. The lowest BCUT2D eigenvalue weighted by atomic mass is 10.1. The molecule has 0 spiro atoms. The molecule has 2 saturated carbocycles. The van der Waals surface area contributed by atoms with E-state index in [0.29, 0.717) is 40.0 Å². The molecule has 222 valence electrons. The van der Waals surface area contributed by atoms with E-state index in [1.54, 1.807) is 6.20 Å². The van der Waals surface area contributed by atoms with Gasteiger partial charge in [0.15, 0.2) is 9.84 Å². The standard InChI is InChI=1S/C28H30F2N6O4S2/c1-13-22(27-35-23-14(2)31-6-5-21(23)41-27)26(36-28(33-13)32-11-15-3-4-15)34-20-7-16(24(37)25(20)38)12-42(39,40)19-9-17(29)8-18(30)10-19/h5-6,8-10,15-16,20,24-25,37-38H,3-4,7,11-12H2,1-2H3,(H2,32,33,34,36)/t16-,20?,24-,25+/m1/s1. The minimum Gasteiger partial charge on any atom is -0.390 e. The molecule has 4 N–H and O–H groups in total. The Morgan fingerprint density at radius 3 is 2.45 bits per heavy atom. The Morgan fingerprint density at radius 2 is 1.76 bits per heavy atom. The van der Waals surface area contributed by atoms with Crippen molar-refractivity contribution in [2.24, 2.45) is 11.8 Å². The maximum absolute atomic E-state index is 13.7. The van der Waals surface area contributed by atoms with E-state index in [2.05, 4.69) is 20.6 Å². The Balaban J connectivity index is 1.30. The number of nitrogens with zero attached hydrogens (tertiary/aromatic N) is 4. The summed E-state index contributed by atoms with van der Waals surface area (Å²) in [5.41, 5.74) is 2.81. The van der Waals surface area contributed by atoms with E-state index in [-0.39, 0.29) is 6.42 Å². The number of thiazole rings is 1. The van der Waals surface area contributed by atoms with Gasteiger partial charge in [-0.05, 0) is 57.2 Å². The first-order valence-corrected chi connectivity index (χ1v) is 16.1. The summed E-state index contributed by atoms with van der Waals surface area (Å²) in [4.78, 5) is 18.0. The van der Waals surface area contributed by atoms with Crippen molar-refractivity contribution in [2.45, 2.75) is 56.3 Å². The maximum atomic E-state index is 13.7. The van der Waals surface area contributed by atoms with Gasteiger partial charge in [-0.2, -0.15) is 4.98 Å². The van der Waals surface area contributed by atoms with Crippen LogP contribution in [-0.2, 0) is 9.84 Å². The van der Waals surface area contributed by atoms with E-state index in [0.717, 1.165) is 47.4 Å². The summed E-state index contributed by atoms with van der Waals surface area (Å²) in [7, 11) is -4.16. The smallest absolute Gasteiger partial charge is 0.224 e. The predicted molar refractivity (Wildman–Crippen MR) is 155 cm³/mol. The summed E-state index contributed by atoms with van der Waals surface area (Å²) in [6, 6.07) is 3.18. The molecule has 6 rings (SSSR count). The van der Waals surface area contributed by atoms with Crippen molar-refractivity contribution >= 4 is 43.2 Å². The van der Waals surface area contributed by atoms with Crippen LogP contribution in [0.25, 0.3) is 20.8 Å². The van der Waals surface area contributed by atoms with Crippen LogP contribution in [0.1, 0.15) is 30.7 Å². The Morgan fingerprint density at radius 1 is 1.02 bits per heavy atom. The van der Waals surface area contributed by atoms with Crippen molar-refractivity contribution in [1.29, 1.82) is 0 Å². The lowest BCUT2D eigenvalue weighted by Gasteiger charge is -2.21. The van der Waals surface area contributed by atoms with Crippen molar-refractivity contribution in [1.82, 2.24) is 19.9 Å². The van der Waals surface area contributed by atoms with Gasteiger partial charge in [-0.15, -0.1) is 11.3 Å². The normalized spacial score (nSPS) is 22.5. The number of hydrogen-bond acceptors (Lipinski definition) is 11. The fourth-order valence-electron chi connectivity index (χ4n) is 5.35. The molecular weight excluding hydrogens is 586 g/mol. The minimum absolute atomic E-state index is 0.0650. The molecule has 14 heteroatoms.